The molecule has 0 saturated heterocycles. The molecular formula is C17H28ClNO2. The topological polar surface area (TPSA) is 55.5 Å². The van der Waals surface area contributed by atoms with Gasteiger partial charge in [0.2, 0.25) is 0 Å². The van der Waals surface area contributed by atoms with Gasteiger partial charge >= 0.3 is 0 Å². The van der Waals surface area contributed by atoms with Crippen LogP contribution in [0.2, 0.25) is 5.02 Å². The molecule has 120 valence electrons. The van der Waals surface area contributed by atoms with E-state index < -0.39 is 0 Å². The van der Waals surface area contributed by atoms with Crippen LogP contribution >= 0.6 is 11.6 Å². The zero-order valence-corrected chi connectivity index (χ0v) is 14.3. The first-order valence-electron chi connectivity index (χ1n) is 7.71. The molecule has 0 aliphatic rings. The SMILES string of the molecule is CCOc1c(C(C)C)cc(Cl)cc1C(C)CC(CN)CO. The maximum Gasteiger partial charge on any atom is 0.126 e. The Labute approximate surface area is 133 Å². The molecule has 1 aromatic rings. The molecule has 2 unspecified atom stereocenters. The number of benzene rings is 1. The number of halogens is 1. The predicted octanol–water partition coefficient (Wildman–Crippen LogP) is 3.92. The molecular weight excluding hydrogens is 286 g/mol. The van der Waals surface area contributed by atoms with Crippen molar-refractivity contribution in [1.82, 2.24) is 0 Å². The Hall–Kier alpha value is -0.770. The molecule has 3 nitrogen and oxygen atoms in total. The summed E-state index contributed by atoms with van der Waals surface area (Å²) in [5, 5.41) is 10.1. The molecule has 0 saturated carbocycles. The summed E-state index contributed by atoms with van der Waals surface area (Å²) in [4.78, 5) is 0. The van der Waals surface area contributed by atoms with Crippen molar-refractivity contribution in [2.45, 2.75) is 46.0 Å². The number of nitrogens with two attached hydrogens (primary N) is 1. The summed E-state index contributed by atoms with van der Waals surface area (Å²) in [6.45, 7) is 9.63. The predicted molar refractivity (Wildman–Crippen MR) is 89.4 cm³/mol. The highest BCUT2D eigenvalue weighted by Crippen LogP contribution is 2.39. The van der Waals surface area contributed by atoms with Gasteiger partial charge in [0.15, 0.2) is 0 Å². The van der Waals surface area contributed by atoms with E-state index in [0.717, 1.165) is 28.3 Å². The fourth-order valence-electron chi connectivity index (χ4n) is 2.61. The lowest BCUT2D eigenvalue weighted by Crippen LogP contribution is -2.20. The Balaban J connectivity index is 3.19. The van der Waals surface area contributed by atoms with Crippen LogP contribution in [0.1, 0.15) is 57.1 Å². The number of aliphatic hydroxyl groups is 1. The molecule has 0 amide bonds. The third kappa shape index (κ3) is 4.87. The van der Waals surface area contributed by atoms with Crippen LogP contribution in [0.4, 0.5) is 0 Å². The van der Waals surface area contributed by atoms with Crippen LogP contribution in [0.3, 0.4) is 0 Å². The van der Waals surface area contributed by atoms with Gasteiger partial charge in [-0.05, 0) is 60.9 Å². The fourth-order valence-corrected chi connectivity index (χ4v) is 2.85. The van der Waals surface area contributed by atoms with Gasteiger partial charge in [0, 0.05) is 11.6 Å². The van der Waals surface area contributed by atoms with Crippen LogP contribution < -0.4 is 10.5 Å². The number of hydrogen-bond acceptors (Lipinski definition) is 3. The lowest BCUT2D eigenvalue weighted by Gasteiger charge is -2.24. The average Bonchev–Trinajstić information content (AvgIpc) is 2.45. The summed E-state index contributed by atoms with van der Waals surface area (Å²) in [5.74, 6) is 1.64. The molecule has 0 aliphatic heterocycles. The Morgan fingerprint density at radius 2 is 1.86 bits per heavy atom. The number of hydrogen-bond donors (Lipinski definition) is 2. The van der Waals surface area contributed by atoms with Crippen molar-refractivity contribution < 1.29 is 9.84 Å². The largest absolute Gasteiger partial charge is 0.493 e. The van der Waals surface area contributed by atoms with Crippen molar-refractivity contribution in [2.24, 2.45) is 11.7 Å². The zero-order valence-electron chi connectivity index (χ0n) is 13.5. The molecule has 4 heteroatoms. The van der Waals surface area contributed by atoms with E-state index in [-0.39, 0.29) is 18.4 Å². The highest BCUT2D eigenvalue weighted by Gasteiger charge is 2.21. The molecule has 0 fully saturated rings. The first-order valence-corrected chi connectivity index (χ1v) is 8.09. The van der Waals surface area contributed by atoms with Gasteiger partial charge in [-0.2, -0.15) is 0 Å². The standard InChI is InChI=1S/C17H28ClNO2/c1-5-21-17-15(11(2)3)7-14(18)8-16(17)12(4)6-13(9-19)10-20/h7-8,11-13,20H,5-6,9-10,19H2,1-4H3. The van der Waals surface area contributed by atoms with E-state index in [9.17, 15) is 5.11 Å². The summed E-state index contributed by atoms with van der Waals surface area (Å²) < 4.78 is 5.90. The molecule has 0 aromatic heterocycles. The van der Waals surface area contributed by atoms with Gasteiger partial charge in [-0.15, -0.1) is 0 Å². The first-order chi connectivity index (χ1) is 9.94. The Bertz CT molecular complexity index is 445. The maximum absolute atomic E-state index is 9.35. The highest BCUT2D eigenvalue weighted by atomic mass is 35.5. The lowest BCUT2D eigenvalue weighted by atomic mass is 9.87. The van der Waals surface area contributed by atoms with E-state index in [4.69, 9.17) is 22.1 Å². The summed E-state index contributed by atoms with van der Waals surface area (Å²) in [5.41, 5.74) is 7.95. The van der Waals surface area contributed by atoms with Gasteiger partial charge < -0.3 is 15.6 Å². The number of aliphatic hydroxyl groups excluding tert-OH is 1. The van der Waals surface area contributed by atoms with Crippen LogP contribution in [0, 0.1) is 5.92 Å². The summed E-state index contributed by atoms with van der Waals surface area (Å²) in [6.07, 6.45) is 0.824. The van der Waals surface area contributed by atoms with E-state index >= 15 is 0 Å². The third-order valence-corrected chi connectivity index (χ3v) is 4.05. The highest BCUT2D eigenvalue weighted by molar-refractivity contribution is 6.30. The minimum Gasteiger partial charge on any atom is -0.493 e. The van der Waals surface area contributed by atoms with Gasteiger partial charge in [0.25, 0.3) is 0 Å². The number of ether oxygens (including phenoxy) is 1. The van der Waals surface area contributed by atoms with Crippen molar-refractivity contribution in [1.29, 1.82) is 0 Å². The molecule has 2 atom stereocenters. The van der Waals surface area contributed by atoms with E-state index in [0.29, 0.717) is 19.1 Å². The molecule has 0 radical (unpaired) electrons. The van der Waals surface area contributed by atoms with Crippen LogP contribution in [0.5, 0.6) is 5.75 Å². The first kappa shape index (κ1) is 18.3. The second kappa shape index (κ2) is 8.62. The van der Waals surface area contributed by atoms with Crippen molar-refractivity contribution in [3.05, 3.63) is 28.3 Å². The quantitative estimate of drug-likeness (QED) is 0.764. The van der Waals surface area contributed by atoms with E-state index in [2.05, 4.69) is 20.8 Å². The third-order valence-electron chi connectivity index (χ3n) is 3.83. The monoisotopic (exact) mass is 313 g/mol. The number of rotatable bonds is 8. The fraction of sp³-hybridized carbons (Fsp3) is 0.647. The van der Waals surface area contributed by atoms with Crippen LogP contribution in [0.15, 0.2) is 12.1 Å². The van der Waals surface area contributed by atoms with E-state index in [1.807, 2.05) is 19.1 Å². The summed E-state index contributed by atoms with van der Waals surface area (Å²) in [6, 6.07) is 3.97. The van der Waals surface area contributed by atoms with E-state index in [1.165, 1.54) is 0 Å². The molecule has 1 aromatic carbocycles. The maximum atomic E-state index is 9.35. The van der Waals surface area contributed by atoms with E-state index in [1.54, 1.807) is 0 Å². The van der Waals surface area contributed by atoms with Gasteiger partial charge in [0.05, 0.1) is 6.61 Å². The van der Waals surface area contributed by atoms with Gasteiger partial charge in [-0.3, -0.25) is 0 Å². The van der Waals surface area contributed by atoms with Gasteiger partial charge in [-0.1, -0.05) is 32.4 Å². The minimum atomic E-state index is 0.107. The van der Waals surface area contributed by atoms with Crippen molar-refractivity contribution in [2.75, 3.05) is 19.8 Å². The minimum absolute atomic E-state index is 0.107. The molecule has 21 heavy (non-hydrogen) atoms. The zero-order chi connectivity index (χ0) is 16.0. The van der Waals surface area contributed by atoms with Gasteiger partial charge in [-0.25, -0.2) is 0 Å². The second-order valence-corrected chi connectivity index (χ2v) is 6.36. The van der Waals surface area contributed by atoms with Gasteiger partial charge in [0.1, 0.15) is 5.75 Å². The molecule has 1 rings (SSSR count). The smallest absolute Gasteiger partial charge is 0.126 e. The molecule has 0 spiro atoms. The Kier molecular flexibility index (Phi) is 7.50. The molecule has 0 bridgehead atoms. The summed E-state index contributed by atoms with van der Waals surface area (Å²) in [7, 11) is 0. The normalized spacial score (nSPS) is 14.3. The van der Waals surface area contributed by atoms with Crippen LogP contribution in [0.25, 0.3) is 0 Å². The summed E-state index contributed by atoms with van der Waals surface area (Å²) >= 11 is 6.28. The van der Waals surface area contributed by atoms with Crippen molar-refractivity contribution >= 4 is 11.6 Å². The Morgan fingerprint density at radius 1 is 1.24 bits per heavy atom. The van der Waals surface area contributed by atoms with Crippen LogP contribution in [-0.2, 0) is 0 Å². The molecule has 0 heterocycles. The second-order valence-electron chi connectivity index (χ2n) is 5.92. The average molecular weight is 314 g/mol. The molecule has 0 aliphatic carbocycles. The van der Waals surface area contributed by atoms with Crippen LogP contribution in [-0.4, -0.2) is 24.9 Å². The molecule has 3 N–H and O–H groups in total. The van der Waals surface area contributed by atoms with Crippen molar-refractivity contribution in [3.8, 4) is 5.75 Å². The Morgan fingerprint density at radius 3 is 2.33 bits per heavy atom. The van der Waals surface area contributed by atoms with Crippen molar-refractivity contribution in [3.63, 3.8) is 0 Å². The lowest BCUT2D eigenvalue weighted by molar-refractivity contribution is 0.216.